The number of rotatable bonds is 5. The van der Waals surface area contributed by atoms with Crippen LogP contribution >= 0.6 is 11.3 Å². The van der Waals surface area contributed by atoms with E-state index in [-0.39, 0.29) is 12.3 Å². The summed E-state index contributed by atoms with van der Waals surface area (Å²) in [5, 5.41) is 7.33. The van der Waals surface area contributed by atoms with Crippen LogP contribution in [0.2, 0.25) is 0 Å². The van der Waals surface area contributed by atoms with Crippen molar-refractivity contribution in [3.63, 3.8) is 0 Å². The van der Waals surface area contributed by atoms with E-state index in [0.29, 0.717) is 11.4 Å². The number of aromatic nitrogens is 1. The second-order valence-electron chi connectivity index (χ2n) is 5.87. The molecule has 1 atom stereocenters. The number of benzene rings is 1. The van der Waals surface area contributed by atoms with E-state index in [0.717, 1.165) is 10.4 Å². The maximum absolute atomic E-state index is 12.4. The van der Waals surface area contributed by atoms with Crippen molar-refractivity contribution in [2.75, 3.05) is 5.32 Å². The summed E-state index contributed by atoms with van der Waals surface area (Å²) in [4.78, 5) is 28.7. The molecule has 3 amide bonds. The lowest BCUT2D eigenvalue weighted by Gasteiger charge is -2.16. The quantitative estimate of drug-likeness (QED) is 0.583. The van der Waals surface area contributed by atoms with Crippen molar-refractivity contribution in [1.82, 2.24) is 10.3 Å². The predicted octanol–water partition coefficient (Wildman–Crippen LogP) is 3.28. The number of carbonyl (C=O) groups is 2. The molecule has 0 aliphatic carbocycles. The molecule has 0 saturated carbocycles. The number of hydrogen-bond acceptors (Lipinski definition) is 4. The molecule has 2 aromatic heterocycles. The third kappa shape index (κ3) is 5.69. The van der Waals surface area contributed by atoms with Crippen LogP contribution in [0, 0.1) is 11.8 Å². The predicted molar refractivity (Wildman–Crippen MR) is 110 cm³/mol. The summed E-state index contributed by atoms with van der Waals surface area (Å²) in [6, 6.07) is 15.4. The van der Waals surface area contributed by atoms with Gasteiger partial charge in [0.25, 0.3) is 0 Å². The summed E-state index contributed by atoms with van der Waals surface area (Å²) < 4.78 is 0. The first-order valence-corrected chi connectivity index (χ1v) is 9.40. The zero-order valence-electron chi connectivity index (χ0n) is 14.9. The van der Waals surface area contributed by atoms with Gasteiger partial charge in [-0.05, 0) is 47.7 Å². The van der Waals surface area contributed by atoms with Crippen LogP contribution in [-0.2, 0) is 4.79 Å². The van der Waals surface area contributed by atoms with Gasteiger partial charge in [0.2, 0.25) is 5.91 Å². The highest BCUT2D eigenvalue weighted by molar-refractivity contribution is 7.10. The molecule has 1 unspecified atom stereocenters. The van der Waals surface area contributed by atoms with Crippen LogP contribution in [0.15, 0.2) is 66.2 Å². The highest BCUT2D eigenvalue weighted by atomic mass is 32.1. The molecule has 4 N–H and O–H groups in total. The molecule has 3 rings (SSSR count). The fourth-order valence-electron chi connectivity index (χ4n) is 2.53. The largest absolute Gasteiger partial charge is 0.352 e. The summed E-state index contributed by atoms with van der Waals surface area (Å²) in [6.07, 6.45) is 1.76. The number of primary amides is 1. The van der Waals surface area contributed by atoms with Gasteiger partial charge in [0, 0.05) is 22.3 Å². The van der Waals surface area contributed by atoms with Gasteiger partial charge in [0.05, 0.1) is 12.5 Å². The topological polar surface area (TPSA) is 97.1 Å². The average molecular weight is 390 g/mol. The fourth-order valence-corrected chi connectivity index (χ4v) is 3.31. The van der Waals surface area contributed by atoms with Crippen molar-refractivity contribution in [2.24, 2.45) is 5.73 Å². The van der Waals surface area contributed by atoms with Crippen LogP contribution in [0.5, 0.6) is 0 Å². The lowest BCUT2D eigenvalue weighted by atomic mass is 10.1. The van der Waals surface area contributed by atoms with E-state index in [4.69, 9.17) is 5.73 Å². The first-order chi connectivity index (χ1) is 13.6. The van der Waals surface area contributed by atoms with Crippen molar-refractivity contribution in [2.45, 2.75) is 12.5 Å². The second kappa shape index (κ2) is 9.35. The Morgan fingerprint density at radius 2 is 2.00 bits per heavy atom. The van der Waals surface area contributed by atoms with Crippen LogP contribution in [0.3, 0.4) is 0 Å². The summed E-state index contributed by atoms with van der Waals surface area (Å²) in [6.45, 7) is 0. The number of nitrogens with zero attached hydrogens (tertiary/aromatic N) is 1. The molecule has 0 radical (unpaired) electrons. The Hall–Kier alpha value is -3.63. The van der Waals surface area contributed by atoms with E-state index in [1.807, 2.05) is 47.8 Å². The molecule has 28 heavy (non-hydrogen) atoms. The Balaban J connectivity index is 1.67. The van der Waals surface area contributed by atoms with Gasteiger partial charge >= 0.3 is 6.03 Å². The number of anilines is 1. The first-order valence-electron chi connectivity index (χ1n) is 8.52. The van der Waals surface area contributed by atoms with Crippen molar-refractivity contribution >= 4 is 29.0 Å². The molecule has 0 saturated heterocycles. The number of hydrogen-bond donors (Lipinski definition) is 3. The molecule has 1 aromatic carbocycles. The number of nitrogens with two attached hydrogens (primary N) is 1. The highest BCUT2D eigenvalue weighted by Gasteiger charge is 2.18. The molecular weight excluding hydrogens is 372 g/mol. The number of nitrogens with one attached hydrogen (secondary N) is 2. The minimum Gasteiger partial charge on any atom is -0.352 e. The Labute approximate surface area is 166 Å². The van der Waals surface area contributed by atoms with Gasteiger partial charge in [0.1, 0.15) is 5.69 Å². The van der Waals surface area contributed by atoms with E-state index in [1.165, 1.54) is 11.3 Å². The molecule has 0 bridgehead atoms. The molecular formula is C21H18N4O2S. The third-order valence-electron chi connectivity index (χ3n) is 3.74. The number of pyridine rings is 1. The van der Waals surface area contributed by atoms with Crippen LogP contribution in [0.4, 0.5) is 10.5 Å². The highest BCUT2D eigenvalue weighted by Crippen LogP contribution is 2.22. The maximum Gasteiger partial charge on any atom is 0.312 e. The Morgan fingerprint density at radius 3 is 2.71 bits per heavy atom. The minimum absolute atomic E-state index is 0.0767. The van der Waals surface area contributed by atoms with E-state index >= 15 is 0 Å². The molecule has 0 fully saturated rings. The van der Waals surface area contributed by atoms with E-state index in [9.17, 15) is 9.59 Å². The summed E-state index contributed by atoms with van der Waals surface area (Å²) in [7, 11) is 0. The second-order valence-corrected chi connectivity index (χ2v) is 6.85. The summed E-state index contributed by atoms with van der Waals surface area (Å²) in [5.74, 6) is 5.77. The summed E-state index contributed by atoms with van der Waals surface area (Å²) in [5.41, 5.74) is 7.29. The SMILES string of the molecule is NC(=O)NC(CC(=O)Nc1cccc(C#Cc2ccccn2)c1)c1cccs1. The van der Waals surface area contributed by atoms with Crippen molar-refractivity contribution < 1.29 is 9.59 Å². The van der Waals surface area contributed by atoms with Gasteiger partial charge in [-0.2, -0.15) is 0 Å². The maximum atomic E-state index is 12.4. The third-order valence-corrected chi connectivity index (χ3v) is 4.72. The molecule has 0 aliphatic rings. The van der Waals surface area contributed by atoms with Gasteiger partial charge in [-0.3, -0.25) is 4.79 Å². The Morgan fingerprint density at radius 1 is 1.11 bits per heavy atom. The molecule has 0 spiro atoms. The molecule has 7 heteroatoms. The lowest BCUT2D eigenvalue weighted by molar-refractivity contribution is -0.116. The number of carbonyl (C=O) groups excluding carboxylic acids is 2. The van der Waals surface area contributed by atoms with E-state index in [2.05, 4.69) is 27.5 Å². The zero-order valence-corrected chi connectivity index (χ0v) is 15.7. The van der Waals surface area contributed by atoms with Gasteiger partial charge < -0.3 is 16.4 Å². The lowest BCUT2D eigenvalue weighted by Crippen LogP contribution is -2.34. The molecule has 6 nitrogen and oxygen atoms in total. The molecule has 3 aromatic rings. The molecule has 2 heterocycles. The van der Waals surface area contributed by atoms with Gasteiger partial charge in [-0.25, -0.2) is 9.78 Å². The monoisotopic (exact) mass is 390 g/mol. The first kappa shape index (κ1) is 19.1. The Bertz CT molecular complexity index is 1010. The number of thiophene rings is 1. The van der Waals surface area contributed by atoms with Gasteiger partial charge in [-0.1, -0.05) is 24.1 Å². The minimum atomic E-state index is -0.669. The fraction of sp³-hybridized carbons (Fsp3) is 0.0952. The number of urea groups is 1. The van der Waals surface area contributed by atoms with Crippen LogP contribution in [0.25, 0.3) is 0 Å². The average Bonchev–Trinajstić information content (AvgIpc) is 3.21. The van der Waals surface area contributed by atoms with Gasteiger partial charge in [-0.15, -0.1) is 11.3 Å². The van der Waals surface area contributed by atoms with Crippen LogP contribution in [-0.4, -0.2) is 16.9 Å². The van der Waals surface area contributed by atoms with Gasteiger partial charge in [0.15, 0.2) is 0 Å². The standard InChI is InChI=1S/C21H18N4O2S/c22-21(27)25-18(19-8-4-12-28-19)14-20(26)24-17-7-3-5-15(13-17)9-10-16-6-1-2-11-23-16/h1-8,11-13,18H,14H2,(H,24,26)(H3,22,25,27). The molecule has 140 valence electrons. The van der Waals surface area contributed by atoms with E-state index < -0.39 is 12.1 Å². The van der Waals surface area contributed by atoms with Crippen molar-refractivity contribution in [1.29, 1.82) is 0 Å². The molecule has 0 aliphatic heterocycles. The normalized spacial score (nSPS) is 11.0. The van der Waals surface area contributed by atoms with Crippen molar-refractivity contribution in [3.05, 3.63) is 82.3 Å². The van der Waals surface area contributed by atoms with E-state index in [1.54, 1.807) is 18.3 Å². The Kier molecular flexibility index (Phi) is 6.39. The summed E-state index contributed by atoms with van der Waals surface area (Å²) >= 11 is 1.45. The number of amides is 3. The van der Waals surface area contributed by atoms with Crippen LogP contribution in [0.1, 0.15) is 28.6 Å². The van der Waals surface area contributed by atoms with Crippen LogP contribution < -0.4 is 16.4 Å². The smallest absolute Gasteiger partial charge is 0.312 e. The zero-order chi connectivity index (χ0) is 19.8. The van der Waals surface area contributed by atoms with Crippen molar-refractivity contribution in [3.8, 4) is 11.8 Å².